The lowest BCUT2D eigenvalue weighted by atomic mass is 9.80. The van der Waals surface area contributed by atoms with E-state index in [0.29, 0.717) is 7.48 Å². The fraction of sp³-hybridized carbons (Fsp3) is 0.200. The Labute approximate surface area is 206 Å². The number of aliphatic hydroxyl groups is 1. The van der Waals surface area contributed by atoms with Gasteiger partial charge < -0.3 is 9.76 Å². The van der Waals surface area contributed by atoms with Gasteiger partial charge in [-0.05, 0) is 73.4 Å². The zero-order chi connectivity index (χ0) is 23.9. The van der Waals surface area contributed by atoms with Gasteiger partial charge in [0.05, 0.1) is 11.2 Å². The van der Waals surface area contributed by atoms with Gasteiger partial charge in [0.25, 0.3) is 0 Å². The molecular weight excluding hydrogens is 435 g/mol. The molecule has 0 bridgehead atoms. The third kappa shape index (κ3) is 4.18. The molecule has 0 atom stereocenters. The summed E-state index contributed by atoms with van der Waals surface area (Å²) in [6, 6.07) is 32.3. The Balaban J connectivity index is 1.73. The Morgan fingerprint density at radius 1 is 0.735 bits per heavy atom. The first-order chi connectivity index (χ1) is 16.2. The number of hydrogen-bond acceptors (Lipinski definition) is 3. The van der Waals surface area contributed by atoms with Crippen molar-refractivity contribution in [2.75, 3.05) is 0 Å². The first-order valence-corrected chi connectivity index (χ1v) is 12.5. The fourth-order valence-electron chi connectivity index (χ4n) is 4.19. The first-order valence-electron chi connectivity index (χ1n) is 11.7. The smallest absolute Gasteiger partial charge is 0.310 e. The first kappa shape index (κ1) is 22.9. The van der Waals surface area contributed by atoms with Crippen molar-refractivity contribution < 1.29 is 9.76 Å². The lowest BCUT2D eigenvalue weighted by molar-refractivity contribution is -0.0893. The molecule has 1 N–H and O–H groups in total. The molecule has 4 aromatic carbocycles. The second-order valence-corrected chi connectivity index (χ2v) is 10.9. The number of benzene rings is 4. The number of rotatable bonds is 6. The monoisotopic (exact) mass is 464 g/mol. The van der Waals surface area contributed by atoms with Gasteiger partial charge in [-0.15, -0.1) is 11.3 Å². The number of thiophene rings is 1. The largest absolute Gasteiger partial charge is 0.427 e. The van der Waals surface area contributed by atoms with E-state index in [1.54, 1.807) is 13.8 Å². The molecule has 0 aliphatic rings. The molecule has 0 aliphatic heterocycles. The summed E-state index contributed by atoms with van der Waals surface area (Å²) in [4.78, 5) is 0. The SMILES string of the molecule is CC(C)(O)C(C)(C)OBc1cccc2sc3c(-c4ccccc4)cc(-c4ccccc4)cc3c12. The van der Waals surface area contributed by atoms with Gasteiger partial charge in [-0.2, -0.15) is 0 Å². The summed E-state index contributed by atoms with van der Waals surface area (Å²) in [6.45, 7) is 7.48. The third-order valence-electron chi connectivity index (χ3n) is 6.94. The predicted octanol–water partition coefficient (Wildman–Crippen LogP) is 6.93. The second kappa shape index (κ2) is 8.70. The van der Waals surface area contributed by atoms with E-state index in [0.717, 1.165) is 5.46 Å². The van der Waals surface area contributed by atoms with Crippen LogP contribution < -0.4 is 5.46 Å². The highest BCUT2D eigenvalue weighted by molar-refractivity contribution is 7.26. The Morgan fingerprint density at radius 2 is 1.38 bits per heavy atom. The predicted molar refractivity (Wildman–Crippen MR) is 148 cm³/mol. The molecule has 0 amide bonds. The van der Waals surface area contributed by atoms with Crippen LogP contribution in [-0.2, 0) is 4.65 Å². The van der Waals surface area contributed by atoms with Gasteiger partial charge in [0.1, 0.15) is 0 Å². The minimum absolute atomic E-state index is 0.441. The van der Waals surface area contributed by atoms with Crippen LogP contribution in [0.5, 0.6) is 0 Å². The van der Waals surface area contributed by atoms with E-state index < -0.39 is 11.2 Å². The summed E-state index contributed by atoms with van der Waals surface area (Å²) in [5.41, 5.74) is 4.41. The molecule has 170 valence electrons. The Bertz CT molecular complexity index is 1450. The van der Waals surface area contributed by atoms with Gasteiger partial charge in [0, 0.05) is 20.3 Å². The molecule has 0 spiro atoms. The maximum atomic E-state index is 10.6. The van der Waals surface area contributed by atoms with E-state index in [4.69, 9.17) is 4.65 Å². The molecule has 0 radical (unpaired) electrons. The van der Waals surface area contributed by atoms with Gasteiger partial charge in [-0.25, -0.2) is 0 Å². The molecule has 0 aliphatic carbocycles. The van der Waals surface area contributed by atoms with Crippen molar-refractivity contribution in [3.05, 3.63) is 91.0 Å². The summed E-state index contributed by atoms with van der Waals surface area (Å²) in [6.07, 6.45) is 0. The maximum absolute atomic E-state index is 10.6. The van der Waals surface area contributed by atoms with E-state index in [2.05, 4.69) is 91.0 Å². The molecule has 0 fully saturated rings. The summed E-state index contributed by atoms with van der Waals surface area (Å²) in [7, 11) is 0.441. The van der Waals surface area contributed by atoms with Gasteiger partial charge in [-0.3, -0.25) is 0 Å². The van der Waals surface area contributed by atoms with Crippen LogP contribution in [-0.4, -0.2) is 23.8 Å². The third-order valence-corrected chi connectivity index (χ3v) is 8.14. The zero-order valence-corrected chi connectivity index (χ0v) is 20.9. The lowest BCUT2D eigenvalue weighted by Crippen LogP contribution is -2.49. The Kier molecular flexibility index (Phi) is 5.85. The van der Waals surface area contributed by atoms with Crippen LogP contribution in [0.25, 0.3) is 42.4 Å². The maximum Gasteiger partial charge on any atom is 0.310 e. The average molecular weight is 464 g/mol. The summed E-state index contributed by atoms with van der Waals surface area (Å²) in [5.74, 6) is 0. The molecule has 5 rings (SSSR count). The standard InChI is InChI=1S/C30H29BO2S/c1-29(2,32)30(3,4)33-31-25-16-11-17-26-27(25)24-19-22(20-12-7-5-8-13-20)18-23(28(24)34-26)21-14-9-6-10-15-21/h5-19,31-32H,1-4H3. The van der Waals surface area contributed by atoms with Gasteiger partial charge in [0.15, 0.2) is 0 Å². The molecule has 1 heterocycles. The summed E-state index contributed by atoms with van der Waals surface area (Å²) in [5, 5.41) is 13.1. The molecule has 4 heteroatoms. The van der Waals surface area contributed by atoms with Crippen molar-refractivity contribution in [2.24, 2.45) is 0 Å². The average Bonchev–Trinajstić information content (AvgIpc) is 3.22. The molecule has 0 saturated carbocycles. The zero-order valence-electron chi connectivity index (χ0n) is 20.1. The van der Waals surface area contributed by atoms with Crippen LogP contribution in [0.1, 0.15) is 27.7 Å². The fourth-order valence-corrected chi connectivity index (χ4v) is 5.45. The van der Waals surface area contributed by atoms with Crippen LogP contribution in [0.15, 0.2) is 91.0 Å². The van der Waals surface area contributed by atoms with Gasteiger partial charge >= 0.3 is 7.48 Å². The molecular formula is C30H29BO2S. The highest BCUT2D eigenvalue weighted by Gasteiger charge is 2.35. The van der Waals surface area contributed by atoms with Gasteiger partial charge in [-0.1, -0.05) is 72.8 Å². The second-order valence-electron chi connectivity index (χ2n) is 9.88. The van der Waals surface area contributed by atoms with Crippen LogP contribution in [0.2, 0.25) is 0 Å². The van der Waals surface area contributed by atoms with Gasteiger partial charge in [0.2, 0.25) is 0 Å². The van der Waals surface area contributed by atoms with Crippen LogP contribution in [0.3, 0.4) is 0 Å². The van der Waals surface area contributed by atoms with E-state index in [1.807, 2.05) is 25.2 Å². The van der Waals surface area contributed by atoms with E-state index in [1.165, 1.54) is 42.4 Å². The summed E-state index contributed by atoms with van der Waals surface area (Å²) < 4.78 is 8.83. The number of hydrogen-bond donors (Lipinski definition) is 1. The molecule has 0 saturated heterocycles. The van der Waals surface area contributed by atoms with Crippen molar-refractivity contribution in [1.82, 2.24) is 0 Å². The number of fused-ring (bicyclic) bond motifs is 3. The van der Waals surface area contributed by atoms with Crippen LogP contribution in [0.4, 0.5) is 0 Å². The Morgan fingerprint density at radius 3 is 2.03 bits per heavy atom. The van der Waals surface area contributed by atoms with Crippen LogP contribution >= 0.6 is 11.3 Å². The molecule has 34 heavy (non-hydrogen) atoms. The normalized spacial score (nSPS) is 12.4. The van der Waals surface area contributed by atoms with E-state index in [-0.39, 0.29) is 0 Å². The molecule has 2 nitrogen and oxygen atoms in total. The van der Waals surface area contributed by atoms with Crippen molar-refractivity contribution in [3.8, 4) is 22.3 Å². The lowest BCUT2D eigenvalue weighted by Gasteiger charge is -2.37. The van der Waals surface area contributed by atoms with E-state index >= 15 is 0 Å². The van der Waals surface area contributed by atoms with Crippen molar-refractivity contribution in [3.63, 3.8) is 0 Å². The Hall–Kier alpha value is -2.92. The molecule has 5 aromatic rings. The highest BCUT2D eigenvalue weighted by Crippen LogP contribution is 2.42. The quantitative estimate of drug-likeness (QED) is 0.276. The highest BCUT2D eigenvalue weighted by atomic mass is 32.1. The van der Waals surface area contributed by atoms with Crippen molar-refractivity contribution in [1.29, 1.82) is 0 Å². The van der Waals surface area contributed by atoms with Crippen molar-refractivity contribution in [2.45, 2.75) is 38.9 Å². The minimum atomic E-state index is -0.946. The topological polar surface area (TPSA) is 29.5 Å². The summed E-state index contributed by atoms with van der Waals surface area (Å²) >= 11 is 1.84. The van der Waals surface area contributed by atoms with Crippen LogP contribution in [0, 0.1) is 0 Å². The molecule has 0 unspecified atom stereocenters. The van der Waals surface area contributed by atoms with Crippen molar-refractivity contribution >= 4 is 44.5 Å². The van der Waals surface area contributed by atoms with E-state index in [9.17, 15) is 5.11 Å². The molecule has 1 aromatic heterocycles. The minimum Gasteiger partial charge on any atom is -0.427 e.